The maximum atomic E-state index is 12.1. The molecular weight excluding hydrogens is 268 g/mol. The lowest BCUT2D eigenvalue weighted by Crippen LogP contribution is -2.34. The van der Waals surface area contributed by atoms with Crippen molar-refractivity contribution in [3.63, 3.8) is 0 Å². The van der Waals surface area contributed by atoms with Gasteiger partial charge in [0.15, 0.2) is 9.84 Å². The fourth-order valence-corrected chi connectivity index (χ4v) is 3.73. The maximum Gasteiger partial charge on any atom is 0.152 e. The minimum atomic E-state index is -2.95. The topological polar surface area (TPSA) is 34.1 Å². The molecule has 0 fully saturated rings. The van der Waals surface area contributed by atoms with E-state index < -0.39 is 14.6 Å². The van der Waals surface area contributed by atoms with Crippen LogP contribution < -0.4 is 0 Å². The third-order valence-electron chi connectivity index (χ3n) is 4.51. The van der Waals surface area contributed by atoms with Crippen molar-refractivity contribution in [3.05, 3.63) is 0 Å². The Morgan fingerprint density at radius 3 is 1.35 bits per heavy atom. The Labute approximate surface area is 127 Å². The molecule has 0 aliphatic rings. The van der Waals surface area contributed by atoms with Gasteiger partial charge in [-0.05, 0) is 19.8 Å². The summed E-state index contributed by atoms with van der Waals surface area (Å²) in [5.74, 6) is 0. The molecule has 0 saturated carbocycles. The van der Waals surface area contributed by atoms with E-state index in [1.165, 1.54) is 57.6 Å². The molecule has 0 saturated heterocycles. The fraction of sp³-hybridized carbons (Fsp3) is 1.00. The summed E-state index contributed by atoms with van der Waals surface area (Å²) in [5, 5.41) is 0. The van der Waals surface area contributed by atoms with Crippen molar-refractivity contribution in [2.45, 2.75) is 103 Å². The first-order valence-corrected chi connectivity index (χ1v) is 10.5. The molecule has 0 aromatic rings. The van der Waals surface area contributed by atoms with Crippen LogP contribution >= 0.6 is 0 Å². The third-order valence-corrected chi connectivity index (χ3v) is 6.71. The first-order chi connectivity index (χ1) is 9.37. The van der Waals surface area contributed by atoms with Gasteiger partial charge in [-0.15, -0.1) is 0 Å². The summed E-state index contributed by atoms with van der Waals surface area (Å²) >= 11 is 0. The fourth-order valence-electron chi connectivity index (χ4n) is 2.70. The number of rotatable bonds is 13. The molecular formula is C17H36O2S. The highest BCUT2D eigenvalue weighted by atomic mass is 32.2. The summed E-state index contributed by atoms with van der Waals surface area (Å²) in [7, 11) is -2.95. The van der Waals surface area contributed by atoms with Gasteiger partial charge in [0.25, 0.3) is 0 Å². The van der Waals surface area contributed by atoms with Crippen LogP contribution in [-0.2, 0) is 9.84 Å². The van der Waals surface area contributed by atoms with E-state index in [0.29, 0.717) is 0 Å². The molecule has 0 aromatic carbocycles. The zero-order chi connectivity index (χ0) is 15.5. The number of sulfone groups is 1. The predicted octanol–water partition coefficient (Wildman–Crippen LogP) is 5.51. The van der Waals surface area contributed by atoms with Crippen LogP contribution in [0.4, 0.5) is 0 Å². The molecule has 20 heavy (non-hydrogen) atoms. The molecule has 0 aromatic heterocycles. The molecule has 2 nitrogen and oxygen atoms in total. The van der Waals surface area contributed by atoms with E-state index in [4.69, 9.17) is 0 Å². The number of unbranched alkanes of at least 4 members (excludes halogenated alkanes) is 8. The summed E-state index contributed by atoms with van der Waals surface area (Å²) in [6, 6.07) is 0. The van der Waals surface area contributed by atoms with E-state index >= 15 is 0 Å². The van der Waals surface area contributed by atoms with Crippen LogP contribution in [0.2, 0.25) is 0 Å². The Morgan fingerprint density at radius 1 is 0.700 bits per heavy atom. The number of hydrogen-bond donors (Lipinski definition) is 0. The SMILES string of the molecule is CCCCCCCC(C)(CCCCCCC)S(C)(=O)=O. The second kappa shape index (κ2) is 10.6. The van der Waals surface area contributed by atoms with Crippen LogP contribution in [0.3, 0.4) is 0 Å². The summed E-state index contributed by atoms with van der Waals surface area (Å²) in [4.78, 5) is 0. The second-order valence-corrected chi connectivity index (χ2v) is 9.08. The van der Waals surface area contributed by atoms with Gasteiger partial charge in [0, 0.05) is 6.26 Å². The molecule has 0 amide bonds. The van der Waals surface area contributed by atoms with Gasteiger partial charge >= 0.3 is 0 Å². The lowest BCUT2D eigenvalue weighted by molar-refractivity contribution is 0.438. The predicted molar refractivity (Wildman–Crippen MR) is 90.0 cm³/mol. The Hall–Kier alpha value is -0.0500. The monoisotopic (exact) mass is 304 g/mol. The van der Waals surface area contributed by atoms with Gasteiger partial charge in [-0.1, -0.05) is 78.1 Å². The highest BCUT2D eigenvalue weighted by molar-refractivity contribution is 7.92. The standard InChI is InChI=1S/C17H36O2S/c1-5-7-9-11-13-15-17(3,20(4,18)19)16-14-12-10-8-6-2/h5-16H2,1-4H3. The van der Waals surface area contributed by atoms with E-state index in [0.717, 1.165) is 25.7 Å². The Morgan fingerprint density at radius 2 is 1.05 bits per heavy atom. The molecule has 122 valence electrons. The van der Waals surface area contributed by atoms with Crippen molar-refractivity contribution in [1.29, 1.82) is 0 Å². The molecule has 0 spiro atoms. The van der Waals surface area contributed by atoms with E-state index in [-0.39, 0.29) is 0 Å². The average molecular weight is 305 g/mol. The molecule has 0 bridgehead atoms. The third kappa shape index (κ3) is 8.28. The van der Waals surface area contributed by atoms with Gasteiger partial charge in [0.1, 0.15) is 0 Å². The average Bonchev–Trinajstić information content (AvgIpc) is 2.37. The van der Waals surface area contributed by atoms with Crippen molar-refractivity contribution in [3.8, 4) is 0 Å². The van der Waals surface area contributed by atoms with E-state index in [1.54, 1.807) is 0 Å². The first kappa shape index (κ1) is 19.9. The molecule has 0 radical (unpaired) electrons. The Bertz CT molecular complexity index is 306. The zero-order valence-electron chi connectivity index (χ0n) is 14.2. The lowest BCUT2D eigenvalue weighted by Gasteiger charge is -2.28. The molecule has 0 aliphatic heterocycles. The number of hydrogen-bond acceptors (Lipinski definition) is 2. The molecule has 0 rings (SSSR count). The minimum Gasteiger partial charge on any atom is -0.229 e. The second-order valence-electron chi connectivity index (χ2n) is 6.55. The molecule has 0 aliphatic carbocycles. The smallest absolute Gasteiger partial charge is 0.152 e. The van der Waals surface area contributed by atoms with Gasteiger partial charge in [0.05, 0.1) is 4.75 Å². The van der Waals surface area contributed by atoms with Gasteiger partial charge in [-0.25, -0.2) is 8.42 Å². The van der Waals surface area contributed by atoms with E-state index in [2.05, 4.69) is 13.8 Å². The van der Waals surface area contributed by atoms with Gasteiger partial charge < -0.3 is 0 Å². The van der Waals surface area contributed by atoms with Gasteiger partial charge in [-0.3, -0.25) is 0 Å². The normalized spacial score (nSPS) is 12.8. The molecule has 0 heterocycles. The summed E-state index contributed by atoms with van der Waals surface area (Å²) in [5.41, 5.74) is 0. The van der Waals surface area contributed by atoms with Crippen molar-refractivity contribution < 1.29 is 8.42 Å². The minimum absolute atomic E-state index is 0.495. The maximum absolute atomic E-state index is 12.1. The van der Waals surface area contributed by atoms with E-state index in [1.807, 2.05) is 6.92 Å². The molecule has 3 heteroatoms. The highest BCUT2D eigenvalue weighted by Crippen LogP contribution is 2.30. The van der Waals surface area contributed by atoms with Crippen molar-refractivity contribution in [2.24, 2.45) is 0 Å². The Balaban J connectivity index is 4.17. The van der Waals surface area contributed by atoms with Crippen molar-refractivity contribution in [1.82, 2.24) is 0 Å². The lowest BCUT2D eigenvalue weighted by atomic mass is 9.95. The van der Waals surface area contributed by atoms with E-state index in [9.17, 15) is 8.42 Å². The molecule has 0 atom stereocenters. The quantitative estimate of drug-likeness (QED) is 0.420. The largest absolute Gasteiger partial charge is 0.229 e. The first-order valence-electron chi connectivity index (χ1n) is 8.57. The summed E-state index contributed by atoms with van der Waals surface area (Å²) < 4.78 is 23.7. The summed E-state index contributed by atoms with van der Waals surface area (Å²) in [6.45, 7) is 6.37. The van der Waals surface area contributed by atoms with Gasteiger partial charge in [0.2, 0.25) is 0 Å². The van der Waals surface area contributed by atoms with Crippen LogP contribution in [0.15, 0.2) is 0 Å². The van der Waals surface area contributed by atoms with Crippen LogP contribution in [-0.4, -0.2) is 19.4 Å². The van der Waals surface area contributed by atoms with Crippen LogP contribution in [0.1, 0.15) is 97.8 Å². The molecule has 0 N–H and O–H groups in total. The Kier molecular flexibility index (Phi) is 10.6. The van der Waals surface area contributed by atoms with Crippen LogP contribution in [0, 0.1) is 0 Å². The van der Waals surface area contributed by atoms with Crippen molar-refractivity contribution in [2.75, 3.05) is 6.26 Å². The summed E-state index contributed by atoms with van der Waals surface area (Å²) in [6.07, 6.45) is 15.1. The van der Waals surface area contributed by atoms with Crippen LogP contribution in [0.5, 0.6) is 0 Å². The molecule has 0 unspecified atom stereocenters. The highest BCUT2D eigenvalue weighted by Gasteiger charge is 2.34. The van der Waals surface area contributed by atoms with Crippen LogP contribution in [0.25, 0.3) is 0 Å². The van der Waals surface area contributed by atoms with Crippen molar-refractivity contribution >= 4 is 9.84 Å². The van der Waals surface area contributed by atoms with Gasteiger partial charge in [-0.2, -0.15) is 0 Å². The zero-order valence-corrected chi connectivity index (χ0v) is 15.0.